The number of terminal acetylenes is 1. The molecule has 0 aliphatic carbocycles. The minimum Gasteiger partial charge on any atom is -0.432 e. The number of hydrogen-bond donors (Lipinski definition) is 1. The van der Waals surface area contributed by atoms with E-state index in [0.29, 0.717) is 18.3 Å². The fourth-order valence-corrected chi connectivity index (χ4v) is 0.939. The lowest BCUT2D eigenvalue weighted by atomic mass is 10.5. The molecule has 0 radical (unpaired) electrons. The Morgan fingerprint density at radius 3 is 3.00 bits per heavy atom. The van der Waals surface area contributed by atoms with E-state index < -0.39 is 0 Å². The summed E-state index contributed by atoms with van der Waals surface area (Å²) in [6.45, 7) is 3.04. The molecule has 0 bridgehead atoms. The van der Waals surface area contributed by atoms with Gasteiger partial charge >= 0.3 is 0 Å². The predicted octanol–water partition coefficient (Wildman–Crippen LogP) is 0.626. The Labute approximate surface area is 77.2 Å². The highest BCUT2D eigenvalue weighted by molar-refractivity contribution is 5.29. The molecule has 0 spiro atoms. The zero-order valence-corrected chi connectivity index (χ0v) is 7.53. The summed E-state index contributed by atoms with van der Waals surface area (Å²) in [7, 11) is 0. The third-order valence-corrected chi connectivity index (χ3v) is 1.64. The van der Waals surface area contributed by atoms with Gasteiger partial charge in [0, 0.05) is 6.54 Å². The van der Waals surface area contributed by atoms with Crippen LogP contribution in [0.15, 0.2) is 10.7 Å². The molecule has 0 fully saturated rings. The van der Waals surface area contributed by atoms with Crippen LogP contribution in [0.3, 0.4) is 0 Å². The van der Waals surface area contributed by atoms with Gasteiger partial charge in [-0.2, -0.15) is 4.98 Å². The fourth-order valence-electron chi connectivity index (χ4n) is 0.939. The highest BCUT2D eigenvalue weighted by atomic mass is 16.4. The van der Waals surface area contributed by atoms with E-state index in [1.54, 1.807) is 4.90 Å². The van der Waals surface area contributed by atoms with E-state index in [2.05, 4.69) is 10.9 Å². The lowest BCUT2D eigenvalue weighted by Gasteiger charge is -2.13. The summed E-state index contributed by atoms with van der Waals surface area (Å²) in [5, 5.41) is 8.75. The SMILES string of the molecule is C#CCN(CC)c1nc(CO)co1. The molecule has 0 atom stereocenters. The number of aromatic nitrogens is 1. The van der Waals surface area contributed by atoms with Crippen molar-refractivity contribution in [3.05, 3.63) is 12.0 Å². The maximum Gasteiger partial charge on any atom is 0.298 e. The van der Waals surface area contributed by atoms with Crippen molar-refractivity contribution >= 4 is 6.01 Å². The summed E-state index contributed by atoms with van der Waals surface area (Å²) in [6, 6.07) is 0.463. The van der Waals surface area contributed by atoms with Crippen molar-refractivity contribution in [2.24, 2.45) is 0 Å². The minimum atomic E-state index is -0.114. The fraction of sp³-hybridized carbons (Fsp3) is 0.444. The van der Waals surface area contributed by atoms with Gasteiger partial charge < -0.3 is 14.4 Å². The minimum absolute atomic E-state index is 0.114. The molecule has 4 nitrogen and oxygen atoms in total. The molecule has 1 aromatic heterocycles. The molecule has 13 heavy (non-hydrogen) atoms. The van der Waals surface area contributed by atoms with Gasteiger partial charge in [0.2, 0.25) is 0 Å². The average molecular weight is 180 g/mol. The molecule has 1 N–H and O–H groups in total. The van der Waals surface area contributed by atoms with E-state index in [9.17, 15) is 0 Å². The Bertz CT molecular complexity index is 301. The first-order valence-electron chi connectivity index (χ1n) is 4.05. The third kappa shape index (κ3) is 2.23. The normalized spacial score (nSPS) is 9.62. The monoisotopic (exact) mass is 180 g/mol. The van der Waals surface area contributed by atoms with E-state index in [1.165, 1.54) is 6.26 Å². The predicted molar refractivity (Wildman–Crippen MR) is 49.1 cm³/mol. The van der Waals surface area contributed by atoms with Crippen molar-refractivity contribution in [1.82, 2.24) is 4.98 Å². The van der Waals surface area contributed by atoms with Gasteiger partial charge in [0.05, 0.1) is 13.2 Å². The van der Waals surface area contributed by atoms with E-state index in [-0.39, 0.29) is 6.61 Å². The van der Waals surface area contributed by atoms with Crippen molar-refractivity contribution in [2.75, 3.05) is 18.0 Å². The molecular formula is C9H12N2O2. The van der Waals surface area contributed by atoms with Crippen LogP contribution in [0.25, 0.3) is 0 Å². The van der Waals surface area contributed by atoms with Crippen LogP contribution in [0.1, 0.15) is 12.6 Å². The van der Waals surface area contributed by atoms with Crippen LogP contribution in [-0.2, 0) is 6.61 Å². The van der Waals surface area contributed by atoms with Gasteiger partial charge in [0.1, 0.15) is 12.0 Å². The largest absolute Gasteiger partial charge is 0.432 e. The Hall–Kier alpha value is -1.47. The second kappa shape index (κ2) is 4.53. The molecule has 0 saturated heterocycles. The standard InChI is InChI=1S/C9H12N2O2/c1-3-5-11(4-2)9-10-8(6-12)7-13-9/h1,7,12H,4-6H2,2H3. The number of hydrogen-bond acceptors (Lipinski definition) is 4. The quantitative estimate of drug-likeness (QED) is 0.690. The molecule has 1 aromatic rings. The molecule has 0 saturated carbocycles. The summed E-state index contributed by atoms with van der Waals surface area (Å²) in [4.78, 5) is 5.84. The van der Waals surface area contributed by atoms with Crippen LogP contribution in [0.4, 0.5) is 6.01 Å². The number of rotatable bonds is 4. The molecule has 1 heterocycles. The first-order chi connectivity index (χ1) is 6.31. The highest BCUT2D eigenvalue weighted by Gasteiger charge is 2.09. The van der Waals surface area contributed by atoms with E-state index >= 15 is 0 Å². The maximum atomic E-state index is 8.75. The van der Waals surface area contributed by atoms with Crippen LogP contribution in [-0.4, -0.2) is 23.2 Å². The molecule has 0 aliphatic heterocycles. The van der Waals surface area contributed by atoms with Crippen molar-refractivity contribution in [3.8, 4) is 12.3 Å². The van der Waals surface area contributed by atoms with E-state index in [4.69, 9.17) is 15.9 Å². The van der Waals surface area contributed by atoms with Crippen LogP contribution >= 0.6 is 0 Å². The zero-order chi connectivity index (χ0) is 9.68. The van der Waals surface area contributed by atoms with Gasteiger partial charge in [0.25, 0.3) is 6.01 Å². The molecule has 1 rings (SSSR count). The average Bonchev–Trinajstić information content (AvgIpc) is 2.62. The van der Waals surface area contributed by atoms with Crippen LogP contribution in [0, 0.1) is 12.3 Å². The first kappa shape index (κ1) is 9.62. The van der Waals surface area contributed by atoms with Gasteiger partial charge in [-0.15, -0.1) is 6.42 Å². The molecule has 0 aromatic carbocycles. The summed E-state index contributed by atoms with van der Waals surface area (Å²) in [5.74, 6) is 2.51. The summed E-state index contributed by atoms with van der Waals surface area (Å²) >= 11 is 0. The van der Waals surface area contributed by atoms with Crippen molar-refractivity contribution in [2.45, 2.75) is 13.5 Å². The molecule has 0 aliphatic rings. The number of nitrogens with zero attached hydrogens (tertiary/aromatic N) is 2. The topological polar surface area (TPSA) is 49.5 Å². The number of anilines is 1. The van der Waals surface area contributed by atoms with Gasteiger partial charge in [-0.25, -0.2) is 0 Å². The number of aliphatic hydroxyl groups excluding tert-OH is 1. The van der Waals surface area contributed by atoms with Gasteiger partial charge in [-0.3, -0.25) is 0 Å². The lowest BCUT2D eigenvalue weighted by molar-refractivity contribution is 0.276. The lowest BCUT2D eigenvalue weighted by Crippen LogP contribution is -2.23. The number of aliphatic hydroxyl groups is 1. The number of oxazole rings is 1. The van der Waals surface area contributed by atoms with E-state index in [1.807, 2.05) is 6.92 Å². The molecular weight excluding hydrogens is 168 g/mol. The Kier molecular flexibility index (Phi) is 3.35. The maximum absolute atomic E-state index is 8.75. The van der Waals surface area contributed by atoms with Crippen LogP contribution in [0.5, 0.6) is 0 Å². The second-order valence-corrected chi connectivity index (χ2v) is 2.50. The third-order valence-electron chi connectivity index (χ3n) is 1.64. The van der Waals surface area contributed by atoms with Crippen LogP contribution in [0.2, 0.25) is 0 Å². The van der Waals surface area contributed by atoms with Crippen molar-refractivity contribution < 1.29 is 9.52 Å². The smallest absolute Gasteiger partial charge is 0.298 e. The van der Waals surface area contributed by atoms with Gasteiger partial charge in [-0.05, 0) is 6.92 Å². The highest BCUT2D eigenvalue weighted by Crippen LogP contribution is 2.12. The molecule has 0 amide bonds. The summed E-state index contributed by atoms with van der Waals surface area (Å²) in [6.07, 6.45) is 6.60. The zero-order valence-electron chi connectivity index (χ0n) is 7.53. The Morgan fingerprint density at radius 2 is 2.54 bits per heavy atom. The second-order valence-electron chi connectivity index (χ2n) is 2.50. The van der Waals surface area contributed by atoms with E-state index in [0.717, 1.165) is 6.54 Å². The summed E-state index contributed by atoms with van der Waals surface area (Å²) < 4.78 is 5.12. The Balaban J connectivity index is 2.74. The first-order valence-corrected chi connectivity index (χ1v) is 4.05. The Morgan fingerprint density at radius 1 is 1.77 bits per heavy atom. The van der Waals surface area contributed by atoms with Crippen LogP contribution < -0.4 is 4.90 Å². The van der Waals surface area contributed by atoms with Gasteiger partial charge in [-0.1, -0.05) is 5.92 Å². The molecule has 4 heteroatoms. The molecule has 0 unspecified atom stereocenters. The molecule has 70 valence electrons. The van der Waals surface area contributed by atoms with Gasteiger partial charge in [0.15, 0.2) is 0 Å². The summed E-state index contributed by atoms with van der Waals surface area (Å²) in [5.41, 5.74) is 0.519. The van der Waals surface area contributed by atoms with Crippen molar-refractivity contribution in [1.29, 1.82) is 0 Å². The van der Waals surface area contributed by atoms with Crippen molar-refractivity contribution in [3.63, 3.8) is 0 Å².